The van der Waals surface area contributed by atoms with E-state index in [1.54, 1.807) is 11.3 Å². The highest BCUT2D eigenvalue weighted by atomic mass is 32.2. The molecule has 1 amide bonds. The van der Waals surface area contributed by atoms with Gasteiger partial charge in [-0.2, -0.15) is 16.9 Å². The Labute approximate surface area is 154 Å². The Morgan fingerprint density at radius 2 is 2.08 bits per heavy atom. The minimum Gasteiger partial charge on any atom is -0.364 e. The lowest BCUT2D eigenvalue weighted by atomic mass is 10.0. The number of aromatic nitrogens is 2. The maximum Gasteiger partial charge on any atom is 0.270 e. The van der Waals surface area contributed by atoms with E-state index in [1.165, 1.54) is 23.5 Å². The Bertz CT molecular complexity index is 928. The van der Waals surface area contributed by atoms with Gasteiger partial charge in [-0.1, -0.05) is 29.8 Å². The van der Waals surface area contributed by atoms with Crippen LogP contribution in [0.5, 0.6) is 0 Å². The molecule has 4 rings (SSSR count). The summed E-state index contributed by atoms with van der Waals surface area (Å²) in [7, 11) is 0. The average molecular weight is 370 g/mol. The van der Waals surface area contributed by atoms with Gasteiger partial charge in [0.15, 0.2) is 5.69 Å². The first-order valence-corrected chi connectivity index (χ1v) is 10.3. The summed E-state index contributed by atoms with van der Waals surface area (Å²) in [6.45, 7) is 2.07. The van der Waals surface area contributed by atoms with Gasteiger partial charge in [0.1, 0.15) is 0 Å². The van der Waals surface area contributed by atoms with Crippen molar-refractivity contribution >= 4 is 39.1 Å². The highest BCUT2D eigenvalue weighted by molar-refractivity contribution is 7.99. The van der Waals surface area contributed by atoms with E-state index in [9.17, 15) is 4.79 Å². The van der Waals surface area contributed by atoms with Gasteiger partial charge in [0, 0.05) is 10.3 Å². The lowest BCUT2D eigenvalue weighted by Gasteiger charge is -2.08. The number of hydrogen-bond donors (Lipinski definition) is 1. The zero-order chi connectivity index (χ0) is 17.4. The van der Waals surface area contributed by atoms with Crippen LogP contribution in [0, 0.1) is 12.8 Å². The normalized spacial score (nSPS) is 17.2. The summed E-state index contributed by atoms with van der Waals surface area (Å²) in [5, 5.41) is 9.54. The third kappa shape index (κ3) is 3.28. The van der Waals surface area contributed by atoms with E-state index in [1.807, 2.05) is 11.8 Å². The number of primary amides is 1. The Morgan fingerprint density at radius 1 is 1.28 bits per heavy atom. The van der Waals surface area contributed by atoms with Crippen LogP contribution in [-0.2, 0) is 6.42 Å². The zero-order valence-electron chi connectivity index (χ0n) is 14.0. The highest BCUT2D eigenvalue weighted by Crippen LogP contribution is 2.37. The number of carbonyl (C=O) groups is 1. The molecule has 0 spiro atoms. The first-order valence-electron chi connectivity index (χ1n) is 8.35. The Balaban J connectivity index is 1.82. The smallest absolute Gasteiger partial charge is 0.270 e. The maximum absolute atomic E-state index is 11.8. The summed E-state index contributed by atoms with van der Waals surface area (Å²) in [6.07, 6.45) is 2.14. The second-order valence-electron chi connectivity index (χ2n) is 6.51. The first-order chi connectivity index (χ1) is 12.1. The van der Waals surface area contributed by atoms with Gasteiger partial charge in [-0.3, -0.25) is 4.79 Å². The number of rotatable bonds is 4. The number of fused-ring (bicyclic) bond motifs is 1. The largest absolute Gasteiger partial charge is 0.364 e. The number of benzene rings is 1. The second-order valence-corrected chi connectivity index (χ2v) is 8.71. The highest BCUT2D eigenvalue weighted by Gasteiger charge is 2.22. The summed E-state index contributed by atoms with van der Waals surface area (Å²) in [6, 6.07) is 10.6. The van der Waals surface area contributed by atoms with Crippen LogP contribution in [0.4, 0.5) is 0 Å². The van der Waals surface area contributed by atoms with E-state index in [4.69, 9.17) is 5.73 Å². The van der Waals surface area contributed by atoms with Crippen LogP contribution in [-0.4, -0.2) is 27.6 Å². The van der Waals surface area contributed by atoms with Gasteiger partial charge >= 0.3 is 0 Å². The van der Waals surface area contributed by atoms with Crippen LogP contribution in [0.3, 0.4) is 0 Å². The number of thiophene rings is 1. The molecule has 2 aromatic heterocycles. The molecule has 1 aromatic carbocycles. The van der Waals surface area contributed by atoms with Crippen molar-refractivity contribution in [1.29, 1.82) is 0 Å². The van der Waals surface area contributed by atoms with Crippen molar-refractivity contribution in [2.45, 2.75) is 19.8 Å². The fourth-order valence-electron chi connectivity index (χ4n) is 3.18. The lowest BCUT2D eigenvalue weighted by Crippen LogP contribution is -2.15. The molecule has 3 aromatic rings. The van der Waals surface area contributed by atoms with E-state index >= 15 is 0 Å². The van der Waals surface area contributed by atoms with Gasteiger partial charge in [-0.25, -0.2) is 0 Å². The lowest BCUT2D eigenvalue weighted by molar-refractivity contribution is 0.0996. The van der Waals surface area contributed by atoms with Gasteiger partial charge in [-0.15, -0.1) is 16.4 Å². The van der Waals surface area contributed by atoms with Crippen LogP contribution in [0.1, 0.15) is 28.2 Å². The summed E-state index contributed by atoms with van der Waals surface area (Å²) >= 11 is 3.57. The molecule has 0 aliphatic carbocycles. The third-order valence-electron chi connectivity index (χ3n) is 4.60. The molecule has 3 heterocycles. The molecular formula is C19H19N3OS2. The van der Waals surface area contributed by atoms with E-state index in [-0.39, 0.29) is 5.69 Å². The maximum atomic E-state index is 11.8. The zero-order valence-corrected chi connectivity index (χ0v) is 15.6. The Morgan fingerprint density at radius 3 is 2.76 bits per heavy atom. The molecule has 0 radical (unpaired) electrons. The molecule has 1 saturated heterocycles. The van der Waals surface area contributed by atoms with E-state index in [0.717, 1.165) is 32.6 Å². The van der Waals surface area contributed by atoms with Crippen molar-refractivity contribution in [3.63, 3.8) is 0 Å². The van der Waals surface area contributed by atoms with E-state index in [2.05, 4.69) is 47.5 Å². The fourth-order valence-corrected chi connectivity index (χ4v) is 5.64. The van der Waals surface area contributed by atoms with Crippen LogP contribution in [0.25, 0.3) is 20.5 Å². The average Bonchev–Trinajstić information content (AvgIpc) is 3.25. The molecule has 1 unspecified atom stereocenters. The van der Waals surface area contributed by atoms with Crippen molar-refractivity contribution in [3.05, 3.63) is 47.3 Å². The molecule has 25 heavy (non-hydrogen) atoms. The molecule has 0 saturated carbocycles. The molecule has 6 heteroatoms. The summed E-state index contributed by atoms with van der Waals surface area (Å²) in [5.41, 5.74) is 9.16. The van der Waals surface area contributed by atoms with Crippen molar-refractivity contribution < 1.29 is 4.79 Å². The summed E-state index contributed by atoms with van der Waals surface area (Å²) < 4.78 is 0.860. The van der Waals surface area contributed by atoms with E-state index in [0.29, 0.717) is 5.92 Å². The topological polar surface area (TPSA) is 68.9 Å². The second kappa shape index (κ2) is 6.77. The minimum absolute atomic E-state index is 0.280. The fraction of sp³-hybridized carbons (Fsp3) is 0.316. The molecular weight excluding hydrogens is 350 g/mol. The number of nitrogens with zero attached hydrogens (tertiary/aromatic N) is 2. The number of hydrogen-bond acceptors (Lipinski definition) is 5. The summed E-state index contributed by atoms with van der Waals surface area (Å²) in [5.74, 6) is 2.52. The van der Waals surface area contributed by atoms with Gasteiger partial charge < -0.3 is 5.73 Å². The number of thioether (sulfide) groups is 1. The predicted octanol–water partition coefficient (Wildman–Crippen LogP) is 4.06. The monoisotopic (exact) mass is 369 g/mol. The van der Waals surface area contributed by atoms with E-state index < -0.39 is 5.91 Å². The number of amides is 1. The standard InChI is InChI=1S/C19H19N3OS2/c1-11-2-4-13(5-3-11)16-9-14-15(8-12-6-7-24-10-12)21-22-17(19(20)23)18(14)25-16/h2-5,9,12H,6-8,10H2,1H3,(H2,20,23). The van der Waals surface area contributed by atoms with Crippen molar-refractivity contribution in [2.75, 3.05) is 11.5 Å². The molecule has 1 fully saturated rings. The van der Waals surface area contributed by atoms with Gasteiger partial charge in [0.25, 0.3) is 5.91 Å². The third-order valence-corrected chi connectivity index (χ3v) is 7.03. The van der Waals surface area contributed by atoms with Gasteiger partial charge in [0.2, 0.25) is 0 Å². The molecule has 0 bridgehead atoms. The molecule has 4 nitrogen and oxygen atoms in total. The predicted molar refractivity (Wildman–Crippen MR) is 105 cm³/mol. The number of carbonyl (C=O) groups excluding carboxylic acids is 1. The van der Waals surface area contributed by atoms with Crippen LogP contribution in [0.2, 0.25) is 0 Å². The van der Waals surface area contributed by atoms with Gasteiger partial charge in [0.05, 0.1) is 10.4 Å². The van der Waals surface area contributed by atoms with Crippen molar-refractivity contribution in [1.82, 2.24) is 10.2 Å². The SMILES string of the molecule is Cc1ccc(-c2cc3c(CC4CCSC4)nnc(C(N)=O)c3s2)cc1. The molecule has 128 valence electrons. The van der Waals surface area contributed by atoms with Crippen molar-refractivity contribution in [2.24, 2.45) is 11.7 Å². The number of nitrogens with two attached hydrogens (primary N) is 1. The van der Waals surface area contributed by atoms with Crippen LogP contribution < -0.4 is 5.73 Å². The molecule has 2 N–H and O–H groups in total. The summed E-state index contributed by atoms with van der Waals surface area (Å²) in [4.78, 5) is 12.9. The van der Waals surface area contributed by atoms with Crippen LogP contribution >= 0.6 is 23.1 Å². The van der Waals surface area contributed by atoms with Gasteiger partial charge in [-0.05, 0) is 48.8 Å². The van der Waals surface area contributed by atoms with Crippen LogP contribution in [0.15, 0.2) is 30.3 Å². The number of aryl methyl sites for hydroxylation is 1. The Hall–Kier alpha value is -1.92. The molecule has 1 atom stereocenters. The Kier molecular flexibility index (Phi) is 4.48. The van der Waals surface area contributed by atoms with Crippen molar-refractivity contribution in [3.8, 4) is 10.4 Å². The quantitative estimate of drug-likeness (QED) is 0.753. The molecule has 1 aliphatic heterocycles. The first kappa shape index (κ1) is 16.5. The molecule has 1 aliphatic rings. The minimum atomic E-state index is -0.516.